The first-order valence-electron chi connectivity index (χ1n) is 6.16. The molecule has 0 aliphatic heterocycles. The third-order valence-corrected chi connectivity index (χ3v) is 5.90. The van der Waals surface area contributed by atoms with Crippen molar-refractivity contribution in [2.75, 3.05) is 19.3 Å². The van der Waals surface area contributed by atoms with Gasteiger partial charge >= 0.3 is 0 Å². The minimum atomic E-state index is 0.477. The summed E-state index contributed by atoms with van der Waals surface area (Å²) in [7, 11) is 2.23. The van der Waals surface area contributed by atoms with Gasteiger partial charge in [-0.05, 0) is 64.0 Å². The zero-order valence-electron chi connectivity index (χ0n) is 10.3. The van der Waals surface area contributed by atoms with E-state index < -0.39 is 0 Å². The van der Waals surface area contributed by atoms with Gasteiger partial charge in [0.2, 0.25) is 0 Å². The Morgan fingerprint density at radius 2 is 2.18 bits per heavy atom. The van der Waals surface area contributed by atoms with Gasteiger partial charge in [-0.2, -0.15) is 12.6 Å². The van der Waals surface area contributed by atoms with Crippen LogP contribution in [0.3, 0.4) is 0 Å². The van der Waals surface area contributed by atoms with Crippen molar-refractivity contribution >= 4 is 39.9 Å². The molecular formula is C13H20BrNS2. The van der Waals surface area contributed by atoms with Crippen LogP contribution in [0.15, 0.2) is 15.2 Å². The molecule has 1 aromatic heterocycles. The van der Waals surface area contributed by atoms with Crippen molar-refractivity contribution < 1.29 is 0 Å². The molecule has 1 saturated carbocycles. The van der Waals surface area contributed by atoms with Crippen LogP contribution in [0.25, 0.3) is 0 Å². The van der Waals surface area contributed by atoms with Gasteiger partial charge in [0.15, 0.2) is 0 Å². The van der Waals surface area contributed by atoms with Crippen molar-refractivity contribution in [2.24, 2.45) is 5.41 Å². The van der Waals surface area contributed by atoms with Crippen LogP contribution in [0.4, 0.5) is 0 Å². The molecule has 0 atom stereocenters. The number of hydrogen-bond acceptors (Lipinski definition) is 3. The average molecular weight is 334 g/mol. The molecule has 2 rings (SSSR count). The van der Waals surface area contributed by atoms with Gasteiger partial charge in [-0.15, -0.1) is 11.3 Å². The molecule has 96 valence electrons. The van der Waals surface area contributed by atoms with Crippen LogP contribution in [0.5, 0.6) is 0 Å². The molecule has 0 N–H and O–H groups in total. The fourth-order valence-electron chi connectivity index (χ4n) is 2.86. The highest BCUT2D eigenvalue weighted by Gasteiger charge is 2.33. The van der Waals surface area contributed by atoms with Gasteiger partial charge in [0, 0.05) is 13.1 Å². The van der Waals surface area contributed by atoms with E-state index in [2.05, 4.69) is 52.0 Å². The smallest absolute Gasteiger partial charge is 0.0701 e. The summed E-state index contributed by atoms with van der Waals surface area (Å²) >= 11 is 9.87. The topological polar surface area (TPSA) is 3.24 Å². The van der Waals surface area contributed by atoms with Crippen molar-refractivity contribution in [3.8, 4) is 0 Å². The fraction of sp³-hybridized carbons (Fsp3) is 0.692. The maximum Gasteiger partial charge on any atom is 0.0701 e. The molecule has 0 aromatic carbocycles. The Morgan fingerprint density at radius 3 is 2.71 bits per heavy atom. The van der Waals surface area contributed by atoms with E-state index in [4.69, 9.17) is 0 Å². The second-order valence-corrected chi connectivity index (χ2v) is 7.90. The molecule has 4 heteroatoms. The summed E-state index contributed by atoms with van der Waals surface area (Å²) in [5, 5.41) is 2.24. The van der Waals surface area contributed by atoms with Gasteiger partial charge in [-0.1, -0.05) is 12.8 Å². The van der Waals surface area contributed by atoms with E-state index in [1.54, 1.807) is 11.3 Å². The molecule has 1 aromatic rings. The number of rotatable bonds is 5. The Kier molecular flexibility index (Phi) is 4.98. The Morgan fingerprint density at radius 1 is 1.47 bits per heavy atom. The molecule has 1 aliphatic rings. The van der Waals surface area contributed by atoms with Crippen LogP contribution in [0.1, 0.15) is 31.2 Å². The highest BCUT2D eigenvalue weighted by atomic mass is 79.9. The summed E-state index contributed by atoms with van der Waals surface area (Å²) in [5.41, 5.74) is 1.89. The standard InChI is InChI=1S/C13H20BrNS2/c1-15(7-11-6-12(14)17-8-11)9-13(10-16)4-2-3-5-13/h6,8,16H,2-5,7,9-10H2,1H3. The molecule has 0 spiro atoms. The lowest BCUT2D eigenvalue weighted by molar-refractivity contribution is 0.196. The summed E-state index contributed by atoms with van der Waals surface area (Å²) in [5.74, 6) is 1.03. The minimum Gasteiger partial charge on any atom is -0.302 e. The lowest BCUT2D eigenvalue weighted by Gasteiger charge is -2.32. The van der Waals surface area contributed by atoms with E-state index in [1.807, 2.05) is 0 Å². The Balaban J connectivity index is 1.90. The molecular weight excluding hydrogens is 314 g/mol. The molecule has 0 saturated heterocycles. The maximum atomic E-state index is 4.57. The van der Waals surface area contributed by atoms with Crippen molar-refractivity contribution in [1.29, 1.82) is 0 Å². The SMILES string of the molecule is CN(Cc1csc(Br)c1)CC1(CS)CCCC1. The zero-order chi connectivity index (χ0) is 12.3. The molecule has 1 nitrogen and oxygen atoms in total. The van der Waals surface area contributed by atoms with Gasteiger partial charge in [-0.3, -0.25) is 0 Å². The van der Waals surface area contributed by atoms with Crippen LogP contribution in [0, 0.1) is 5.41 Å². The van der Waals surface area contributed by atoms with Crippen molar-refractivity contribution in [1.82, 2.24) is 4.90 Å². The molecule has 1 aliphatic carbocycles. The molecule has 0 unspecified atom stereocenters. The summed E-state index contributed by atoms with van der Waals surface area (Å²) in [4.78, 5) is 2.45. The normalized spacial score (nSPS) is 19.1. The predicted molar refractivity (Wildman–Crippen MR) is 83.1 cm³/mol. The van der Waals surface area contributed by atoms with Gasteiger partial charge in [-0.25, -0.2) is 0 Å². The maximum absolute atomic E-state index is 4.57. The van der Waals surface area contributed by atoms with Crippen molar-refractivity contribution in [3.05, 3.63) is 20.8 Å². The van der Waals surface area contributed by atoms with E-state index >= 15 is 0 Å². The lowest BCUT2D eigenvalue weighted by Crippen LogP contribution is -2.34. The molecule has 0 radical (unpaired) electrons. The third-order valence-electron chi connectivity index (χ3n) is 3.68. The van der Waals surface area contributed by atoms with Crippen molar-refractivity contribution in [2.45, 2.75) is 32.2 Å². The summed E-state index contributed by atoms with van der Waals surface area (Å²) in [6.45, 7) is 2.24. The third kappa shape index (κ3) is 3.72. The van der Waals surface area contributed by atoms with Gasteiger partial charge < -0.3 is 4.90 Å². The number of hydrogen-bond donors (Lipinski definition) is 1. The van der Waals surface area contributed by atoms with E-state index in [-0.39, 0.29) is 0 Å². The quantitative estimate of drug-likeness (QED) is 0.780. The van der Waals surface area contributed by atoms with E-state index in [0.29, 0.717) is 5.41 Å². The number of thiol groups is 1. The van der Waals surface area contributed by atoms with Gasteiger partial charge in [0.1, 0.15) is 0 Å². The second-order valence-electron chi connectivity index (χ2n) is 5.30. The van der Waals surface area contributed by atoms with Crippen LogP contribution in [-0.4, -0.2) is 24.2 Å². The predicted octanol–water partition coefficient (Wildman–Crippen LogP) is 4.43. The first-order valence-corrected chi connectivity index (χ1v) is 8.46. The highest BCUT2D eigenvalue weighted by molar-refractivity contribution is 9.11. The molecule has 0 bridgehead atoms. The second kappa shape index (κ2) is 6.09. The summed E-state index contributed by atoms with van der Waals surface area (Å²) in [6, 6.07) is 2.23. The molecule has 17 heavy (non-hydrogen) atoms. The highest BCUT2D eigenvalue weighted by Crippen LogP contribution is 2.39. The average Bonchev–Trinajstić information content (AvgIpc) is 2.89. The summed E-state index contributed by atoms with van der Waals surface area (Å²) in [6.07, 6.45) is 5.49. The fourth-order valence-corrected chi connectivity index (χ4v) is 4.48. The lowest BCUT2D eigenvalue weighted by atomic mass is 9.88. The first kappa shape index (κ1) is 13.9. The van der Waals surface area contributed by atoms with Gasteiger partial charge in [0.05, 0.1) is 3.79 Å². The van der Waals surface area contributed by atoms with Crippen LogP contribution < -0.4 is 0 Å². The Bertz CT molecular complexity index is 358. The van der Waals surface area contributed by atoms with Crippen LogP contribution in [0.2, 0.25) is 0 Å². The number of halogens is 1. The van der Waals surface area contributed by atoms with Crippen LogP contribution in [-0.2, 0) is 6.54 Å². The minimum absolute atomic E-state index is 0.477. The number of nitrogens with zero attached hydrogens (tertiary/aromatic N) is 1. The summed E-state index contributed by atoms with van der Waals surface area (Å²) < 4.78 is 1.23. The Labute approximate surface area is 122 Å². The largest absolute Gasteiger partial charge is 0.302 e. The van der Waals surface area contributed by atoms with E-state index in [9.17, 15) is 0 Å². The van der Waals surface area contributed by atoms with E-state index in [1.165, 1.54) is 41.6 Å². The molecule has 0 amide bonds. The van der Waals surface area contributed by atoms with Crippen molar-refractivity contribution in [3.63, 3.8) is 0 Å². The molecule has 1 heterocycles. The zero-order valence-corrected chi connectivity index (χ0v) is 13.6. The van der Waals surface area contributed by atoms with Crippen LogP contribution >= 0.6 is 39.9 Å². The van der Waals surface area contributed by atoms with E-state index in [0.717, 1.165) is 12.3 Å². The van der Waals surface area contributed by atoms with Gasteiger partial charge in [0.25, 0.3) is 0 Å². The monoisotopic (exact) mass is 333 g/mol. The molecule has 1 fully saturated rings. The number of thiophene rings is 1. The Hall–Kier alpha value is 0.490. The first-order chi connectivity index (χ1) is 8.13.